The average Bonchev–Trinajstić information content (AvgIpc) is 2.39. The lowest BCUT2D eigenvalue weighted by atomic mass is 10.1. The standard InChI is InChI=1S/C12H9F2N3O2/c1-2-19-12(18)11-9(14)10(16-6-17-11)7-3-8(13)5-15-4-7/h3-6H,2H2,1H3. The van der Waals surface area contributed by atoms with E-state index in [1.54, 1.807) is 6.92 Å². The molecule has 0 amide bonds. The summed E-state index contributed by atoms with van der Waals surface area (Å²) in [6.07, 6.45) is 3.23. The Balaban J connectivity index is 2.48. The molecule has 2 aromatic heterocycles. The average molecular weight is 265 g/mol. The number of carbonyl (C=O) groups is 1. The second-order valence-electron chi connectivity index (χ2n) is 3.50. The first-order valence-electron chi connectivity index (χ1n) is 5.42. The molecule has 19 heavy (non-hydrogen) atoms. The minimum atomic E-state index is -0.964. The molecule has 2 aromatic rings. The fraction of sp³-hybridized carbons (Fsp3) is 0.167. The molecule has 0 fully saturated rings. The molecule has 98 valence electrons. The van der Waals surface area contributed by atoms with E-state index in [4.69, 9.17) is 0 Å². The molecule has 0 unspecified atom stereocenters. The summed E-state index contributed by atoms with van der Waals surface area (Å²) >= 11 is 0. The zero-order chi connectivity index (χ0) is 13.8. The SMILES string of the molecule is CCOC(=O)c1ncnc(-c2cncc(F)c2)c1F. The molecule has 7 heteroatoms. The second kappa shape index (κ2) is 5.47. The molecule has 0 saturated heterocycles. The summed E-state index contributed by atoms with van der Waals surface area (Å²) < 4.78 is 31.8. The Morgan fingerprint density at radius 1 is 1.32 bits per heavy atom. The van der Waals surface area contributed by atoms with E-state index in [-0.39, 0.29) is 17.9 Å². The summed E-state index contributed by atoms with van der Waals surface area (Å²) in [7, 11) is 0. The summed E-state index contributed by atoms with van der Waals surface area (Å²) in [6.45, 7) is 1.69. The van der Waals surface area contributed by atoms with Crippen LogP contribution >= 0.6 is 0 Å². The Kier molecular flexibility index (Phi) is 3.74. The fourth-order valence-corrected chi connectivity index (χ4v) is 1.45. The van der Waals surface area contributed by atoms with Crippen LogP contribution in [0.2, 0.25) is 0 Å². The van der Waals surface area contributed by atoms with Crippen LogP contribution in [0.25, 0.3) is 11.3 Å². The molecule has 0 aromatic carbocycles. The van der Waals surface area contributed by atoms with Crippen LogP contribution in [-0.2, 0) is 4.74 Å². The molecule has 2 heterocycles. The maximum atomic E-state index is 14.1. The lowest BCUT2D eigenvalue weighted by molar-refractivity contribution is 0.0513. The lowest BCUT2D eigenvalue weighted by Crippen LogP contribution is -2.11. The van der Waals surface area contributed by atoms with Crippen molar-refractivity contribution in [3.05, 3.63) is 42.1 Å². The van der Waals surface area contributed by atoms with Crippen molar-refractivity contribution in [3.63, 3.8) is 0 Å². The quantitative estimate of drug-likeness (QED) is 0.794. The summed E-state index contributed by atoms with van der Waals surface area (Å²) in [4.78, 5) is 22.3. The van der Waals surface area contributed by atoms with Crippen molar-refractivity contribution in [2.75, 3.05) is 6.61 Å². The van der Waals surface area contributed by atoms with E-state index in [0.717, 1.165) is 18.6 Å². The van der Waals surface area contributed by atoms with Crippen LogP contribution in [-0.4, -0.2) is 27.5 Å². The van der Waals surface area contributed by atoms with Crippen LogP contribution in [0.5, 0.6) is 0 Å². The van der Waals surface area contributed by atoms with Gasteiger partial charge in [0.05, 0.1) is 12.8 Å². The number of rotatable bonds is 3. The van der Waals surface area contributed by atoms with E-state index < -0.39 is 23.3 Å². The van der Waals surface area contributed by atoms with Gasteiger partial charge in [0.1, 0.15) is 17.8 Å². The van der Waals surface area contributed by atoms with E-state index in [2.05, 4.69) is 19.7 Å². The first-order valence-corrected chi connectivity index (χ1v) is 5.42. The first kappa shape index (κ1) is 13.0. The number of pyridine rings is 1. The van der Waals surface area contributed by atoms with Gasteiger partial charge in [0, 0.05) is 11.8 Å². The van der Waals surface area contributed by atoms with Crippen LogP contribution in [0.4, 0.5) is 8.78 Å². The second-order valence-corrected chi connectivity index (χ2v) is 3.50. The molecule has 5 nitrogen and oxygen atoms in total. The fourth-order valence-electron chi connectivity index (χ4n) is 1.45. The third-order valence-electron chi connectivity index (χ3n) is 2.24. The molecule has 0 saturated carbocycles. The highest BCUT2D eigenvalue weighted by Gasteiger charge is 2.20. The Morgan fingerprint density at radius 3 is 2.79 bits per heavy atom. The van der Waals surface area contributed by atoms with Crippen molar-refractivity contribution in [1.29, 1.82) is 0 Å². The van der Waals surface area contributed by atoms with Crippen molar-refractivity contribution in [2.24, 2.45) is 0 Å². The highest BCUT2D eigenvalue weighted by Crippen LogP contribution is 2.21. The minimum absolute atomic E-state index is 0.0964. The van der Waals surface area contributed by atoms with Gasteiger partial charge in [0.15, 0.2) is 11.5 Å². The molecule has 0 bridgehead atoms. The Hall–Kier alpha value is -2.44. The topological polar surface area (TPSA) is 65.0 Å². The number of nitrogens with zero attached hydrogens (tertiary/aromatic N) is 3. The van der Waals surface area contributed by atoms with Gasteiger partial charge in [0.2, 0.25) is 0 Å². The van der Waals surface area contributed by atoms with Gasteiger partial charge in [-0.15, -0.1) is 0 Å². The van der Waals surface area contributed by atoms with Crippen LogP contribution in [0, 0.1) is 11.6 Å². The van der Waals surface area contributed by atoms with Crippen LogP contribution in [0.1, 0.15) is 17.4 Å². The van der Waals surface area contributed by atoms with E-state index in [1.807, 2.05) is 0 Å². The number of halogens is 2. The summed E-state index contributed by atoms with van der Waals surface area (Å²) in [6, 6.07) is 1.06. The van der Waals surface area contributed by atoms with Gasteiger partial charge in [-0.1, -0.05) is 0 Å². The minimum Gasteiger partial charge on any atom is -0.461 e. The smallest absolute Gasteiger partial charge is 0.360 e. The van der Waals surface area contributed by atoms with Gasteiger partial charge in [0.25, 0.3) is 0 Å². The maximum absolute atomic E-state index is 14.1. The number of esters is 1. The lowest BCUT2D eigenvalue weighted by Gasteiger charge is -2.05. The van der Waals surface area contributed by atoms with Gasteiger partial charge in [-0.25, -0.2) is 23.5 Å². The number of carbonyl (C=O) groups excluding carboxylic acids is 1. The molecule has 0 spiro atoms. The van der Waals surface area contributed by atoms with Crippen LogP contribution < -0.4 is 0 Å². The monoisotopic (exact) mass is 265 g/mol. The number of hydrogen-bond donors (Lipinski definition) is 0. The van der Waals surface area contributed by atoms with Crippen molar-refractivity contribution in [2.45, 2.75) is 6.92 Å². The number of ether oxygens (including phenoxy) is 1. The van der Waals surface area contributed by atoms with Crippen LogP contribution in [0.15, 0.2) is 24.8 Å². The molecule has 0 aliphatic carbocycles. The largest absolute Gasteiger partial charge is 0.461 e. The first-order chi connectivity index (χ1) is 9.13. The Morgan fingerprint density at radius 2 is 2.11 bits per heavy atom. The predicted molar refractivity (Wildman–Crippen MR) is 61.1 cm³/mol. The van der Waals surface area contributed by atoms with E-state index >= 15 is 0 Å². The van der Waals surface area contributed by atoms with Gasteiger partial charge in [-0.3, -0.25) is 4.98 Å². The van der Waals surface area contributed by atoms with Gasteiger partial charge >= 0.3 is 5.97 Å². The van der Waals surface area contributed by atoms with E-state index in [1.165, 1.54) is 6.20 Å². The Bertz CT molecular complexity index is 620. The number of aromatic nitrogens is 3. The molecule has 0 atom stereocenters. The molecule has 0 aliphatic heterocycles. The molecular weight excluding hydrogens is 256 g/mol. The van der Waals surface area contributed by atoms with Crippen molar-refractivity contribution >= 4 is 5.97 Å². The third kappa shape index (κ3) is 2.70. The molecule has 0 aliphatic rings. The van der Waals surface area contributed by atoms with Crippen molar-refractivity contribution in [3.8, 4) is 11.3 Å². The molecule has 2 rings (SSSR count). The van der Waals surface area contributed by atoms with Crippen LogP contribution in [0.3, 0.4) is 0 Å². The van der Waals surface area contributed by atoms with E-state index in [9.17, 15) is 13.6 Å². The summed E-state index contributed by atoms with van der Waals surface area (Å²) in [5, 5.41) is 0. The van der Waals surface area contributed by atoms with Gasteiger partial charge in [-0.05, 0) is 13.0 Å². The highest BCUT2D eigenvalue weighted by atomic mass is 19.1. The zero-order valence-corrected chi connectivity index (χ0v) is 9.93. The maximum Gasteiger partial charge on any atom is 0.360 e. The summed E-state index contributed by atoms with van der Waals surface area (Å²) in [5.74, 6) is -2.49. The third-order valence-corrected chi connectivity index (χ3v) is 2.24. The van der Waals surface area contributed by atoms with Crippen molar-refractivity contribution < 1.29 is 18.3 Å². The molecule has 0 radical (unpaired) electrons. The molecular formula is C12H9F2N3O2. The normalized spacial score (nSPS) is 10.3. The Labute approximate surface area is 107 Å². The number of hydrogen-bond acceptors (Lipinski definition) is 5. The molecule has 0 N–H and O–H groups in total. The van der Waals surface area contributed by atoms with Gasteiger partial charge in [-0.2, -0.15) is 0 Å². The van der Waals surface area contributed by atoms with Gasteiger partial charge < -0.3 is 4.74 Å². The van der Waals surface area contributed by atoms with Crippen molar-refractivity contribution in [1.82, 2.24) is 15.0 Å². The predicted octanol–water partition coefficient (Wildman–Crippen LogP) is 1.99. The zero-order valence-electron chi connectivity index (χ0n) is 9.93. The highest BCUT2D eigenvalue weighted by molar-refractivity contribution is 5.88. The summed E-state index contributed by atoms with van der Waals surface area (Å²) in [5.41, 5.74) is -0.577. The van der Waals surface area contributed by atoms with E-state index in [0.29, 0.717) is 0 Å².